The van der Waals surface area contributed by atoms with E-state index in [1.54, 1.807) is 24.3 Å². The second-order valence-electron chi connectivity index (χ2n) is 13.0. The molecule has 0 unspecified atom stereocenters. The fraction of sp³-hybridized carbons (Fsp3) is 0.325. The van der Waals surface area contributed by atoms with Crippen molar-refractivity contribution >= 4 is 34.1 Å². The molecular formula is C40H43ClN4O3. The van der Waals surface area contributed by atoms with Crippen molar-refractivity contribution in [1.82, 2.24) is 14.4 Å². The van der Waals surface area contributed by atoms with Gasteiger partial charge in [-0.2, -0.15) is 0 Å². The lowest BCUT2D eigenvalue weighted by Crippen LogP contribution is -2.49. The molecule has 1 aromatic heterocycles. The first-order valence-corrected chi connectivity index (χ1v) is 17.6. The molecule has 2 aliphatic rings. The lowest BCUT2D eigenvalue weighted by molar-refractivity contribution is 0.0734. The number of nitrogens with zero attached hydrogens (tertiary/aromatic N) is 4. The van der Waals surface area contributed by atoms with Crippen LogP contribution in [-0.2, 0) is 6.54 Å². The third kappa shape index (κ3) is 6.62. The Morgan fingerprint density at radius 3 is 1.92 bits per heavy atom. The van der Waals surface area contributed by atoms with Crippen LogP contribution in [0.5, 0.6) is 11.5 Å². The predicted molar refractivity (Wildman–Crippen MR) is 194 cm³/mol. The summed E-state index contributed by atoms with van der Waals surface area (Å²) < 4.78 is 2.27. The van der Waals surface area contributed by atoms with E-state index in [0.717, 1.165) is 69.9 Å². The lowest BCUT2D eigenvalue weighted by Gasteiger charge is -2.37. The van der Waals surface area contributed by atoms with Crippen LogP contribution < -0.4 is 4.90 Å². The van der Waals surface area contributed by atoms with Crippen LogP contribution in [0.15, 0.2) is 97.1 Å². The van der Waals surface area contributed by atoms with E-state index in [1.165, 1.54) is 25.9 Å². The maximum atomic E-state index is 15.0. The van der Waals surface area contributed by atoms with E-state index in [4.69, 9.17) is 11.6 Å². The summed E-state index contributed by atoms with van der Waals surface area (Å²) in [7, 11) is 0. The number of carbonyl (C=O) groups is 1. The van der Waals surface area contributed by atoms with Gasteiger partial charge in [-0.3, -0.25) is 4.79 Å². The van der Waals surface area contributed by atoms with Gasteiger partial charge in [-0.05, 0) is 98.9 Å². The van der Waals surface area contributed by atoms with Crippen LogP contribution in [0.3, 0.4) is 0 Å². The molecule has 0 aliphatic carbocycles. The Morgan fingerprint density at radius 2 is 1.27 bits per heavy atom. The van der Waals surface area contributed by atoms with Gasteiger partial charge in [-0.1, -0.05) is 66.2 Å². The van der Waals surface area contributed by atoms with Crippen LogP contribution >= 0.6 is 11.6 Å². The number of halogens is 1. The molecule has 3 heterocycles. The van der Waals surface area contributed by atoms with E-state index in [0.29, 0.717) is 26.2 Å². The van der Waals surface area contributed by atoms with Crippen molar-refractivity contribution in [1.29, 1.82) is 0 Å². The quantitative estimate of drug-likeness (QED) is 0.150. The van der Waals surface area contributed by atoms with Crippen molar-refractivity contribution in [3.8, 4) is 11.5 Å². The average molecular weight is 663 g/mol. The average Bonchev–Trinajstić information content (AvgIpc) is 3.75. The van der Waals surface area contributed by atoms with Gasteiger partial charge < -0.3 is 29.5 Å². The Bertz CT molecular complexity index is 1810. The zero-order valence-corrected chi connectivity index (χ0v) is 28.0. The molecule has 2 N–H and O–H groups in total. The van der Waals surface area contributed by atoms with Gasteiger partial charge in [0.25, 0.3) is 5.91 Å². The number of amides is 1. The number of likely N-dealkylation sites (tertiary alicyclic amines) is 1. The Balaban J connectivity index is 1.31. The van der Waals surface area contributed by atoms with E-state index in [9.17, 15) is 10.2 Å². The van der Waals surface area contributed by atoms with Crippen molar-refractivity contribution in [2.75, 3.05) is 50.7 Å². The van der Waals surface area contributed by atoms with Gasteiger partial charge in [0.15, 0.2) is 0 Å². The number of unbranched alkanes of at least 4 members (excludes halogenated alkanes) is 1. The van der Waals surface area contributed by atoms with Crippen LogP contribution in [-0.4, -0.2) is 76.3 Å². The van der Waals surface area contributed by atoms with Crippen LogP contribution in [0.1, 0.15) is 58.8 Å². The molecule has 7 nitrogen and oxygen atoms in total. The number of carbonyl (C=O) groups excluding carboxylic acids is 1. The number of phenolic OH excluding ortho intramolecular Hbond substituents is 2. The highest BCUT2D eigenvalue weighted by atomic mass is 35.5. The van der Waals surface area contributed by atoms with E-state index in [1.807, 2.05) is 59.5 Å². The van der Waals surface area contributed by atoms with Gasteiger partial charge in [0, 0.05) is 55.1 Å². The number of piperazine rings is 1. The highest BCUT2D eigenvalue weighted by Gasteiger charge is 2.33. The maximum Gasteiger partial charge on any atom is 0.270 e. The SMILES string of the molecule is O=C(c1c(C(c2ccc(O)cc2)c2ccc(O)cc2)c2ccccc2n1CCCCN1CCCC1)N1CCN(c2ccccc2Cl)CC1. The number of hydrogen-bond donors (Lipinski definition) is 2. The van der Waals surface area contributed by atoms with Crippen LogP contribution in [0.25, 0.3) is 10.9 Å². The molecule has 4 aromatic carbocycles. The molecule has 7 rings (SSSR count). The number of rotatable bonds is 10. The lowest BCUT2D eigenvalue weighted by atomic mass is 9.83. The smallest absolute Gasteiger partial charge is 0.270 e. The Kier molecular flexibility index (Phi) is 9.59. The normalized spacial score (nSPS) is 15.5. The first-order chi connectivity index (χ1) is 23.5. The summed E-state index contributed by atoms with van der Waals surface area (Å²) in [6, 6.07) is 30.8. The number of phenols is 2. The monoisotopic (exact) mass is 662 g/mol. The molecule has 2 fully saturated rings. The van der Waals surface area contributed by atoms with Crippen LogP contribution in [0.2, 0.25) is 5.02 Å². The summed E-state index contributed by atoms with van der Waals surface area (Å²) >= 11 is 6.55. The third-order valence-corrected chi connectivity index (χ3v) is 10.3. The first-order valence-electron chi connectivity index (χ1n) is 17.2. The molecule has 248 valence electrons. The van der Waals surface area contributed by atoms with E-state index < -0.39 is 0 Å². The number of aromatic nitrogens is 1. The largest absolute Gasteiger partial charge is 0.508 e. The van der Waals surface area contributed by atoms with Crippen molar-refractivity contribution in [3.63, 3.8) is 0 Å². The fourth-order valence-electron chi connectivity index (χ4n) is 7.56. The Morgan fingerprint density at radius 1 is 0.688 bits per heavy atom. The summed E-state index contributed by atoms with van der Waals surface area (Å²) in [5.41, 5.74) is 5.66. The van der Waals surface area contributed by atoms with Crippen molar-refractivity contribution < 1.29 is 15.0 Å². The molecule has 0 spiro atoms. The highest BCUT2D eigenvalue weighted by molar-refractivity contribution is 6.33. The van der Waals surface area contributed by atoms with Gasteiger partial charge in [-0.15, -0.1) is 0 Å². The van der Waals surface area contributed by atoms with Gasteiger partial charge >= 0.3 is 0 Å². The van der Waals surface area contributed by atoms with E-state index in [2.05, 4.69) is 32.6 Å². The first kappa shape index (κ1) is 32.1. The second kappa shape index (κ2) is 14.3. The number of aromatic hydroxyl groups is 2. The number of fused-ring (bicyclic) bond motifs is 1. The minimum atomic E-state index is -0.301. The van der Waals surface area contributed by atoms with Crippen LogP contribution in [0.4, 0.5) is 5.69 Å². The molecule has 0 saturated carbocycles. The predicted octanol–water partition coefficient (Wildman–Crippen LogP) is 7.72. The topological polar surface area (TPSA) is 72.2 Å². The molecule has 0 bridgehead atoms. The summed E-state index contributed by atoms with van der Waals surface area (Å²) in [6.45, 7) is 6.76. The van der Waals surface area contributed by atoms with Crippen LogP contribution in [0, 0.1) is 0 Å². The summed E-state index contributed by atoms with van der Waals surface area (Å²) in [5.74, 6) is 0.111. The minimum absolute atomic E-state index is 0.0297. The summed E-state index contributed by atoms with van der Waals surface area (Å²) in [5, 5.41) is 22.2. The Labute approximate surface area is 287 Å². The zero-order chi connectivity index (χ0) is 33.0. The molecule has 0 atom stereocenters. The molecule has 1 amide bonds. The molecular weight excluding hydrogens is 620 g/mol. The number of anilines is 1. The van der Waals surface area contributed by atoms with Gasteiger partial charge in [0.2, 0.25) is 0 Å². The molecule has 0 radical (unpaired) electrons. The second-order valence-corrected chi connectivity index (χ2v) is 13.4. The van der Waals surface area contributed by atoms with Gasteiger partial charge in [-0.25, -0.2) is 0 Å². The number of para-hydroxylation sites is 2. The maximum absolute atomic E-state index is 15.0. The van der Waals surface area contributed by atoms with Crippen molar-refractivity contribution in [3.05, 3.63) is 124 Å². The minimum Gasteiger partial charge on any atom is -0.508 e. The highest BCUT2D eigenvalue weighted by Crippen LogP contribution is 2.42. The Hall–Kier alpha value is -4.46. The third-order valence-electron chi connectivity index (χ3n) is 10.0. The van der Waals surface area contributed by atoms with E-state index in [-0.39, 0.29) is 23.3 Å². The van der Waals surface area contributed by atoms with Gasteiger partial charge in [0.1, 0.15) is 17.2 Å². The van der Waals surface area contributed by atoms with Crippen molar-refractivity contribution in [2.24, 2.45) is 0 Å². The van der Waals surface area contributed by atoms with Gasteiger partial charge in [0.05, 0.1) is 10.7 Å². The summed E-state index contributed by atoms with van der Waals surface area (Å²) in [4.78, 5) is 21.8. The van der Waals surface area contributed by atoms with Crippen molar-refractivity contribution in [2.45, 2.75) is 38.1 Å². The molecule has 5 aromatic rings. The number of aryl methyl sites for hydroxylation is 1. The number of hydrogen-bond acceptors (Lipinski definition) is 5. The van der Waals surface area contributed by atoms with E-state index >= 15 is 4.79 Å². The molecule has 2 saturated heterocycles. The standard InChI is InChI=1S/C40H43ClN4O3/c41-34-10-2-4-12-36(34)43-25-27-44(28-26-43)40(48)39-38(37(29-13-17-31(46)18-14-29)30-15-19-32(47)20-16-30)33-9-1-3-11-35(33)45(39)24-8-7-23-42-21-5-6-22-42/h1-4,9-20,37,46-47H,5-8,21-28H2. The zero-order valence-electron chi connectivity index (χ0n) is 27.3. The molecule has 8 heteroatoms. The summed E-state index contributed by atoms with van der Waals surface area (Å²) in [6.07, 6.45) is 4.61. The fourth-order valence-corrected chi connectivity index (χ4v) is 7.82. The molecule has 2 aliphatic heterocycles. The number of benzene rings is 4. The molecule has 48 heavy (non-hydrogen) atoms.